The van der Waals surface area contributed by atoms with Gasteiger partial charge >= 0.3 is 6.09 Å². The van der Waals surface area contributed by atoms with Crippen molar-refractivity contribution in [1.82, 2.24) is 15.0 Å². The van der Waals surface area contributed by atoms with Crippen molar-refractivity contribution < 1.29 is 9.53 Å². The van der Waals surface area contributed by atoms with Crippen LogP contribution in [0.1, 0.15) is 40.0 Å². The molecule has 1 N–H and O–H groups in total. The number of amides is 1. The zero-order valence-electron chi connectivity index (χ0n) is 19.2. The first-order valence-corrected chi connectivity index (χ1v) is 11.4. The van der Waals surface area contributed by atoms with Gasteiger partial charge in [-0.1, -0.05) is 42.5 Å². The van der Waals surface area contributed by atoms with Gasteiger partial charge in [0.25, 0.3) is 0 Å². The molecular weight excluding hydrogens is 412 g/mol. The lowest BCUT2D eigenvalue weighted by atomic mass is 9.91. The number of aromatic nitrogens is 3. The molecule has 0 unspecified atom stereocenters. The van der Waals surface area contributed by atoms with E-state index in [0.29, 0.717) is 0 Å². The van der Waals surface area contributed by atoms with Gasteiger partial charge < -0.3 is 9.72 Å². The maximum atomic E-state index is 13.0. The fourth-order valence-electron chi connectivity index (χ4n) is 4.25. The summed E-state index contributed by atoms with van der Waals surface area (Å²) in [6, 6.07) is 18.5. The van der Waals surface area contributed by atoms with Gasteiger partial charge in [-0.2, -0.15) is 0 Å². The second kappa shape index (κ2) is 8.35. The number of nitrogens with zero attached hydrogens (tertiary/aromatic N) is 3. The first kappa shape index (κ1) is 21.2. The number of hydrogen-bond donors (Lipinski definition) is 1. The topological polar surface area (TPSA) is 71.1 Å². The highest BCUT2D eigenvalue weighted by Gasteiger charge is 2.33. The van der Waals surface area contributed by atoms with Crippen molar-refractivity contribution in [3.63, 3.8) is 0 Å². The summed E-state index contributed by atoms with van der Waals surface area (Å²) in [5, 5.41) is 0. The normalized spacial score (nSPS) is 14.2. The van der Waals surface area contributed by atoms with Crippen LogP contribution in [0.4, 0.5) is 10.5 Å². The lowest BCUT2D eigenvalue weighted by molar-refractivity contribution is 0.0549. The average Bonchev–Trinajstić information content (AvgIpc) is 3.15. The van der Waals surface area contributed by atoms with Crippen LogP contribution in [0.5, 0.6) is 0 Å². The van der Waals surface area contributed by atoms with Crippen molar-refractivity contribution in [2.75, 3.05) is 4.90 Å². The zero-order chi connectivity index (χ0) is 23.0. The van der Waals surface area contributed by atoms with Gasteiger partial charge in [0.1, 0.15) is 11.9 Å². The molecule has 33 heavy (non-hydrogen) atoms. The standard InChI is InChI=1S/C27H28N4O2/c1-27(2,3)33-26(32)31(20-10-7-11-20)21-14-12-18(13-15-21)23-24(19-8-5-4-6-9-19)30-22-16-28-17-29-25(22)23/h4-6,8-9,12-17,20,30H,7,10-11H2,1-3H3. The highest BCUT2D eigenvalue weighted by atomic mass is 16.6. The molecule has 0 bridgehead atoms. The van der Waals surface area contributed by atoms with Crippen LogP contribution in [-0.2, 0) is 4.74 Å². The summed E-state index contributed by atoms with van der Waals surface area (Å²) in [5.41, 5.74) is 6.22. The average molecular weight is 441 g/mol. The van der Waals surface area contributed by atoms with E-state index in [9.17, 15) is 4.79 Å². The van der Waals surface area contributed by atoms with E-state index in [4.69, 9.17) is 4.74 Å². The van der Waals surface area contributed by atoms with Crippen molar-refractivity contribution >= 4 is 22.8 Å². The molecule has 1 saturated carbocycles. The number of ether oxygens (including phenoxy) is 1. The minimum atomic E-state index is -0.534. The highest BCUT2D eigenvalue weighted by Crippen LogP contribution is 2.38. The van der Waals surface area contributed by atoms with Crippen LogP contribution in [0.2, 0.25) is 0 Å². The quantitative estimate of drug-likeness (QED) is 0.389. The molecule has 1 aliphatic carbocycles. The molecule has 0 aliphatic heterocycles. The minimum Gasteiger partial charge on any atom is -0.443 e. The number of hydrogen-bond acceptors (Lipinski definition) is 4. The molecule has 168 valence electrons. The molecule has 2 aromatic heterocycles. The van der Waals surface area contributed by atoms with Gasteiger partial charge in [0, 0.05) is 17.3 Å². The van der Waals surface area contributed by atoms with Gasteiger partial charge in [-0.25, -0.2) is 14.8 Å². The lowest BCUT2D eigenvalue weighted by Gasteiger charge is -2.38. The van der Waals surface area contributed by atoms with Crippen molar-refractivity contribution in [3.8, 4) is 22.4 Å². The molecule has 2 aromatic carbocycles. The Morgan fingerprint density at radius 3 is 2.39 bits per heavy atom. The Balaban J connectivity index is 1.55. The number of H-pyrrole nitrogens is 1. The number of carbonyl (C=O) groups is 1. The van der Waals surface area contributed by atoms with Gasteiger partial charge in [-0.05, 0) is 63.3 Å². The molecule has 6 heteroatoms. The van der Waals surface area contributed by atoms with Crippen LogP contribution in [0.15, 0.2) is 67.1 Å². The Kier molecular flexibility index (Phi) is 5.36. The Morgan fingerprint density at radius 2 is 1.76 bits per heavy atom. The smallest absolute Gasteiger partial charge is 0.415 e. The third-order valence-corrected chi connectivity index (χ3v) is 5.99. The van der Waals surface area contributed by atoms with E-state index in [1.54, 1.807) is 12.5 Å². The lowest BCUT2D eigenvalue weighted by Crippen LogP contribution is -2.46. The zero-order valence-corrected chi connectivity index (χ0v) is 19.2. The van der Waals surface area contributed by atoms with E-state index in [2.05, 4.69) is 39.2 Å². The number of aromatic amines is 1. The monoisotopic (exact) mass is 440 g/mol. The van der Waals surface area contributed by atoms with E-state index in [-0.39, 0.29) is 12.1 Å². The van der Waals surface area contributed by atoms with Gasteiger partial charge in [-0.15, -0.1) is 0 Å². The number of carbonyl (C=O) groups excluding carboxylic acids is 1. The molecule has 4 aromatic rings. The van der Waals surface area contributed by atoms with Crippen LogP contribution in [0, 0.1) is 0 Å². The molecule has 0 saturated heterocycles. The Hall–Kier alpha value is -3.67. The second-order valence-corrected chi connectivity index (χ2v) is 9.51. The Bertz CT molecular complexity index is 1270. The van der Waals surface area contributed by atoms with Crippen LogP contribution < -0.4 is 4.90 Å². The maximum Gasteiger partial charge on any atom is 0.415 e. The van der Waals surface area contributed by atoms with Gasteiger partial charge in [0.2, 0.25) is 0 Å². The van der Waals surface area contributed by atoms with Gasteiger partial charge in [-0.3, -0.25) is 4.90 Å². The van der Waals surface area contributed by atoms with Gasteiger partial charge in [0.15, 0.2) is 0 Å². The molecule has 1 aliphatic rings. The number of benzene rings is 2. The maximum absolute atomic E-state index is 13.0. The van der Waals surface area contributed by atoms with E-state index >= 15 is 0 Å². The summed E-state index contributed by atoms with van der Waals surface area (Å²) in [4.78, 5) is 27.0. The second-order valence-electron chi connectivity index (χ2n) is 9.51. The number of anilines is 1. The number of rotatable bonds is 4. The van der Waals surface area contributed by atoms with E-state index in [0.717, 1.165) is 58.4 Å². The predicted octanol–water partition coefficient (Wildman–Crippen LogP) is 6.59. The van der Waals surface area contributed by atoms with Crippen molar-refractivity contribution in [1.29, 1.82) is 0 Å². The van der Waals surface area contributed by atoms with Crippen LogP contribution >= 0.6 is 0 Å². The summed E-state index contributed by atoms with van der Waals surface area (Å²) >= 11 is 0. The largest absolute Gasteiger partial charge is 0.443 e. The van der Waals surface area contributed by atoms with Crippen LogP contribution in [0.25, 0.3) is 33.4 Å². The van der Waals surface area contributed by atoms with Crippen molar-refractivity contribution in [2.45, 2.75) is 51.7 Å². The third-order valence-electron chi connectivity index (χ3n) is 5.99. The predicted molar refractivity (Wildman–Crippen MR) is 131 cm³/mol. The highest BCUT2D eigenvalue weighted by molar-refractivity contribution is 6.01. The Morgan fingerprint density at radius 1 is 1.03 bits per heavy atom. The summed E-state index contributed by atoms with van der Waals surface area (Å²) in [6.45, 7) is 5.70. The third kappa shape index (κ3) is 4.21. The Labute approximate surface area is 193 Å². The van der Waals surface area contributed by atoms with Crippen LogP contribution in [0.3, 0.4) is 0 Å². The minimum absolute atomic E-state index is 0.186. The molecular formula is C27H28N4O2. The van der Waals surface area contributed by atoms with Crippen LogP contribution in [-0.4, -0.2) is 32.7 Å². The summed E-state index contributed by atoms with van der Waals surface area (Å²) in [6.07, 6.45) is 6.22. The summed E-state index contributed by atoms with van der Waals surface area (Å²) < 4.78 is 5.71. The molecule has 0 spiro atoms. The molecule has 0 atom stereocenters. The first-order valence-electron chi connectivity index (χ1n) is 11.4. The molecule has 1 amide bonds. The SMILES string of the molecule is CC(C)(C)OC(=O)N(c1ccc(-c2c(-c3ccccc3)[nH]c3cncnc23)cc1)C1CCC1. The van der Waals surface area contributed by atoms with Gasteiger partial charge in [0.05, 0.1) is 22.9 Å². The first-order chi connectivity index (χ1) is 15.9. The number of nitrogens with one attached hydrogen (secondary N) is 1. The fourth-order valence-corrected chi connectivity index (χ4v) is 4.25. The van der Waals surface area contributed by atoms with Crippen molar-refractivity contribution in [2.24, 2.45) is 0 Å². The molecule has 0 radical (unpaired) electrons. The van der Waals surface area contributed by atoms with E-state index in [1.165, 1.54) is 0 Å². The summed E-state index contributed by atoms with van der Waals surface area (Å²) in [5.74, 6) is 0. The van der Waals surface area contributed by atoms with Crippen molar-refractivity contribution in [3.05, 3.63) is 67.1 Å². The van der Waals surface area contributed by atoms with E-state index in [1.807, 2.05) is 56.0 Å². The van der Waals surface area contributed by atoms with E-state index < -0.39 is 5.60 Å². The molecule has 2 heterocycles. The number of fused-ring (bicyclic) bond motifs is 1. The molecule has 1 fully saturated rings. The fraction of sp³-hybridized carbons (Fsp3) is 0.296. The molecule has 6 nitrogen and oxygen atoms in total. The summed E-state index contributed by atoms with van der Waals surface area (Å²) in [7, 11) is 0. The molecule has 5 rings (SSSR count).